The van der Waals surface area contributed by atoms with Crippen LogP contribution in [0, 0.1) is 0 Å². The van der Waals surface area contributed by atoms with E-state index in [1.54, 1.807) is 6.20 Å². The molecule has 0 amide bonds. The molecular weight excluding hydrogens is 224 g/mol. The zero-order valence-electron chi connectivity index (χ0n) is 8.48. The molecular formula is C11H14N2S2. The first kappa shape index (κ1) is 10.9. The molecule has 0 spiro atoms. The van der Waals surface area contributed by atoms with Gasteiger partial charge in [-0.25, -0.2) is 0 Å². The van der Waals surface area contributed by atoms with Crippen LogP contribution in [0.15, 0.2) is 24.5 Å². The molecule has 1 aromatic rings. The van der Waals surface area contributed by atoms with Crippen LogP contribution in [0.5, 0.6) is 0 Å². The van der Waals surface area contributed by atoms with Gasteiger partial charge in [-0.3, -0.25) is 4.98 Å². The smallest absolute Gasteiger partial charge is 0.0936 e. The van der Waals surface area contributed by atoms with Gasteiger partial charge in [0.25, 0.3) is 0 Å². The largest absolute Gasteiger partial charge is 0.392 e. The second-order valence-corrected chi connectivity index (χ2v) is 5.57. The highest BCUT2D eigenvalue weighted by Gasteiger charge is 2.37. The van der Waals surface area contributed by atoms with Gasteiger partial charge in [-0.2, -0.15) is 0 Å². The van der Waals surface area contributed by atoms with Crippen molar-refractivity contribution in [3.8, 4) is 0 Å². The van der Waals surface area contributed by atoms with Crippen LogP contribution in [0.4, 0.5) is 0 Å². The summed E-state index contributed by atoms with van der Waals surface area (Å²) in [6.07, 6.45) is 7.16. The standard InChI is InChI=1S/C11H14N2S2/c12-10(14)11(5-1-2-7-15-11)9-4-3-6-13-8-9/h3-4,6,8H,1-2,5,7H2,(H2,12,14). The van der Waals surface area contributed by atoms with Crippen LogP contribution in [-0.4, -0.2) is 15.7 Å². The zero-order valence-corrected chi connectivity index (χ0v) is 10.1. The highest BCUT2D eigenvalue weighted by molar-refractivity contribution is 8.02. The van der Waals surface area contributed by atoms with E-state index in [4.69, 9.17) is 18.0 Å². The molecule has 0 saturated carbocycles. The van der Waals surface area contributed by atoms with E-state index in [-0.39, 0.29) is 4.75 Å². The van der Waals surface area contributed by atoms with Crippen LogP contribution in [0.1, 0.15) is 24.8 Å². The molecule has 1 saturated heterocycles. The Kier molecular flexibility index (Phi) is 3.26. The fourth-order valence-corrected chi connectivity index (χ4v) is 3.77. The van der Waals surface area contributed by atoms with E-state index in [1.165, 1.54) is 12.8 Å². The number of hydrogen-bond acceptors (Lipinski definition) is 3. The van der Waals surface area contributed by atoms with E-state index < -0.39 is 0 Å². The molecule has 0 bridgehead atoms. The van der Waals surface area contributed by atoms with Gasteiger partial charge in [0.2, 0.25) is 0 Å². The van der Waals surface area contributed by atoms with Crippen molar-refractivity contribution in [3.05, 3.63) is 30.1 Å². The maximum Gasteiger partial charge on any atom is 0.0936 e. The third-order valence-corrected chi connectivity index (χ3v) is 4.92. The first-order valence-corrected chi connectivity index (χ1v) is 6.49. The average Bonchev–Trinajstić information content (AvgIpc) is 2.31. The number of rotatable bonds is 2. The van der Waals surface area contributed by atoms with Crippen molar-refractivity contribution in [1.29, 1.82) is 0 Å². The monoisotopic (exact) mass is 238 g/mol. The molecule has 80 valence electrons. The minimum Gasteiger partial charge on any atom is -0.392 e. The molecule has 1 aliphatic rings. The Morgan fingerprint density at radius 2 is 2.40 bits per heavy atom. The lowest BCUT2D eigenvalue weighted by Crippen LogP contribution is -2.39. The molecule has 1 fully saturated rings. The summed E-state index contributed by atoms with van der Waals surface area (Å²) in [6, 6.07) is 4.02. The van der Waals surface area contributed by atoms with Gasteiger partial charge in [0.1, 0.15) is 0 Å². The lowest BCUT2D eigenvalue weighted by atomic mass is 9.93. The van der Waals surface area contributed by atoms with Crippen LogP contribution in [-0.2, 0) is 4.75 Å². The number of hydrogen-bond donors (Lipinski definition) is 1. The average molecular weight is 238 g/mol. The molecule has 0 radical (unpaired) electrons. The first-order chi connectivity index (χ1) is 7.26. The summed E-state index contributed by atoms with van der Waals surface area (Å²) >= 11 is 7.10. The Morgan fingerprint density at radius 3 is 2.93 bits per heavy atom. The van der Waals surface area contributed by atoms with Crippen LogP contribution in [0.2, 0.25) is 0 Å². The number of nitrogens with zero attached hydrogens (tertiary/aromatic N) is 1. The third-order valence-electron chi connectivity index (χ3n) is 2.80. The van der Waals surface area contributed by atoms with Crippen molar-refractivity contribution in [3.63, 3.8) is 0 Å². The van der Waals surface area contributed by atoms with Crippen LogP contribution in [0.3, 0.4) is 0 Å². The van der Waals surface area contributed by atoms with E-state index in [9.17, 15) is 0 Å². The van der Waals surface area contributed by atoms with Crippen LogP contribution in [0.25, 0.3) is 0 Å². The summed E-state index contributed by atoms with van der Waals surface area (Å²) in [6.45, 7) is 0. The van der Waals surface area contributed by atoms with Gasteiger partial charge in [-0.05, 0) is 30.2 Å². The Labute approximate surface area is 99.7 Å². The Hall–Kier alpha value is -0.610. The van der Waals surface area contributed by atoms with Crippen LogP contribution < -0.4 is 5.73 Å². The minimum absolute atomic E-state index is 0.165. The molecule has 0 aliphatic carbocycles. The van der Waals surface area contributed by atoms with Crippen molar-refractivity contribution in [2.75, 3.05) is 5.75 Å². The summed E-state index contributed by atoms with van der Waals surface area (Å²) < 4.78 is -0.165. The number of thioether (sulfide) groups is 1. The maximum atomic E-state index is 5.92. The van der Waals surface area contributed by atoms with Gasteiger partial charge in [0.15, 0.2) is 0 Å². The molecule has 1 aromatic heterocycles. The van der Waals surface area contributed by atoms with Crippen molar-refractivity contribution < 1.29 is 0 Å². The Balaban J connectivity index is 2.38. The predicted molar refractivity (Wildman–Crippen MR) is 69.0 cm³/mol. The number of pyridine rings is 1. The van der Waals surface area contributed by atoms with Gasteiger partial charge in [-0.15, -0.1) is 11.8 Å². The number of thiocarbonyl (C=S) groups is 1. The number of nitrogens with two attached hydrogens (primary N) is 1. The van der Waals surface area contributed by atoms with Crippen molar-refractivity contribution >= 4 is 29.0 Å². The molecule has 2 N–H and O–H groups in total. The highest BCUT2D eigenvalue weighted by Crippen LogP contribution is 2.44. The second kappa shape index (κ2) is 4.49. The normalized spacial score (nSPS) is 26.1. The Bertz CT molecular complexity index is 345. The molecule has 4 heteroatoms. The van der Waals surface area contributed by atoms with Gasteiger partial charge < -0.3 is 5.73 Å². The van der Waals surface area contributed by atoms with E-state index in [1.807, 2.05) is 24.0 Å². The SMILES string of the molecule is NC(=S)C1(c2cccnc2)CCCCS1. The molecule has 0 aromatic carbocycles. The maximum absolute atomic E-state index is 5.92. The minimum atomic E-state index is -0.165. The molecule has 1 atom stereocenters. The summed E-state index contributed by atoms with van der Waals surface area (Å²) in [7, 11) is 0. The highest BCUT2D eigenvalue weighted by atomic mass is 32.2. The van der Waals surface area contributed by atoms with Gasteiger partial charge in [-0.1, -0.05) is 24.7 Å². The fourth-order valence-electron chi connectivity index (χ4n) is 1.96. The second-order valence-electron chi connectivity index (χ2n) is 3.74. The molecule has 15 heavy (non-hydrogen) atoms. The van der Waals surface area contributed by atoms with Gasteiger partial charge >= 0.3 is 0 Å². The molecule has 2 nitrogen and oxygen atoms in total. The fraction of sp³-hybridized carbons (Fsp3) is 0.455. The topological polar surface area (TPSA) is 38.9 Å². The van der Waals surface area contributed by atoms with E-state index >= 15 is 0 Å². The lowest BCUT2D eigenvalue weighted by Gasteiger charge is -2.35. The van der Waals surface area contributed by atoms with Crippen molar-refractivity contribution in [1.82, 2.24) is 4.98 Å². The summed E-state index contributed by atoms with van der Waals surface area (Å²) in [5.41, 5.74) is 7.07. The Morgan fingerprint density at radius 1 is 1.53 bits per heavy atom. The molecule has 2 rings (SSSR count). The van der Waals surface area contributed by atoms with E-state index in [0.717, 1.165) is 17.7 Å². The van der Waals surface area contributed by atoms with Gasteiger partial charge in [0.05, 0.1) is 9.74 Å². The van der Waals surface area contributed by atoms with E-state index in [2.05, 4.69) is 11.1 Å². The predicted octanol–water partition coefficient (Wildman–Crippen LogP) is 2.48. The molecule has 1 aliphatic heterocycles. The summed E-state index contributed by atoms with van der Waals surface area (Å²) in [4.78, 5) is 4.76. The summed E-state index contributed by atoms with van der Waals surface area (Å²) in [5, 5.41) is 0. The first-order valence-electron chi connectivity index (χ1n) is 5.10. The quantitative estimate of drug-likeness (QED) is 0.803. The lowest BCUT2D eigenvalue weighted by molar-refractivity contribution is 0.626. The van der Waals surface area contributed by atoms with Crippen molar-refractivity contribution in [2.45, 2.75) is 24.0 Å². The molecule has 2 heterocycles. The van der Waals surface area contributed by atoms with E-state index in [0.29, 0.717) is 4.99 Å². The van der Waals surface area contributed by atoms with Gasteiger partial charge in [0, 0.05) is 12.4 Å². The zero-order chi connectivity index (χ0) is 10.7. The number of aromatic nitrogens is 1. The van der Waals surface area contributed by atoms with Crippen molar-refractivity contribution in [2.24, 2.45) is 5.73 Å². The third kappa shape index (κ3) is 2.01. The molecule has 1 unspecified atom stereocenters. The van der Waals surface area contributed by atoms with Crippen LogP contribution >= 0.6 is 24.0 Å². The summed E-state index contributed by atoms with van der Waals surface area (Å²) in [5.74, 6) is 1.13.